The highest BCUT2D eigenvalue weighted by Crippen LogP contribution is 2.12. The molecule has 1 rings (SSSR count). The first-order valence-electron chi connectivity index (χ1n) is 4.95. The van der Waals surface area contributed by atoms with Gasteiger partial charge in [-0.1, -0.05) is 17.9 Å². The molecule has 0 aliphatic rings. The summed E-state index contributed by atoms with van der Waals surface area (Å²) in [5.74, 6) is 5.54. The van der Waals surface area contributed by atoms with Crippen LogP contribution >= 0.6 is 0 Å². The fraction of sp³-hybridized carbons (Fsp3) is 0.273. The zero-order valence-electron chi connectivity index (χ0n) is 9.77. The molecule has 5 nitrogen and oxygen atoms in total. The largest absolute Gasteiger partial charge is 0.320 e. The Morgan fingerprint density at radius 2 is 2.12 bits per heavy atom. The average molecular weight is 253 g/mol. The lowest BCUT2D eigenvalue weighted by Crippen LogP contribution is -2.28. The Hall–Kier alpha value is -1.55. The number of rotatable bonds is 3. The van der Waals surface area contributed by atoms with Crippen LogP contribution in [0.3, 0.4) is 0 Å². The van der Waals surface area contributed by atoms with Crippen LogP contribution in [0, 0.1) is 11.8 Å². The molecule has 0 spiro atoms. The maximum absolute atomic E-state index is 11.6. The van der Waals surface area contributed by atoms with Crippen molar-refractivity contribution in [1.29, 1.82) is 0 Å². The van der Waals surface area contributed by atoms with E-state index in [2.05, 4.69) is 16.6 Å². The maximum Gasteiger partial charge on any atom is 0.301 e. The normalized spacial score (nSPS) is 10.8. The van der Waals surface area contributed by atoms with Crippen LogP contribution in [0.1, 0.15) is 5.56 Å². The van der Waals surface area contributed by atoms with Gasteiger partial charge in [0.15, 0.2) is 0 Å². The topological polar surface area (TPSA) is 75.4 Å². The minimum absolute atomic E-state index is 0.271. The zero-order chi connectivity index (χ0) is 12.9. The second-order valence-corrected chi connectivity index (χ2v) is 5.36. The predicted molar refractivity (Wildman–Crippen MR) is 68.6 cm³/mol. The van der Waals surface area contributed by atoms with Gasteiger partial charge in [-0.3, -0.25) is 4.72 Å². The number of benzene rings is 1. The minimum Gasteiger partial charge on any atom is -0.320 e. The van der Waals surface area contributed by atoms with Crippen LogP contribution in [0.4, 0.5) is 5.69 Å². The van der Waals surface area contributed by atoms with Gasteiger partial charge in [-0.15, -0.1) is 0 Å². The molecule has 0 unspecified atom stereocenters. The van der Waals surface area contributed by atoms with E-state index in [1.54, 1.807) is 24.3 Å². The number of nitrogens with zero attached hydrogens (tertiary/aromatic N) is 1. The second-order valence-electron chi connectivity index (χ2n) is 3.48. The highest BCUT2D eigenvalue weighted by atomic mass is 32.2. The first-order chi connectivity index (χ1) is 7.95. The van der Waals surface area contributed by atoms with E-state index in [1.165, 1.54) is 14.1 Å². The van der Waals surface area contributed by atoms with Crippen molar-refractivity contribution >= 4 is 15.9 Å². The van der Waals surface area contributed by atoms with E-state index < -0.39 is 10.2 Å². The molecular formula is C11H15N3O2S. The van der Waals surface area contributed by atoms with Gasteiger partial charge < -0.3 is 5.73 Å². The molecule has 1 aromatic carbocycles. The summed E-state index contributed by atoms with van der Waals surface area (Å²) in [4.78, 5) is 0. The van der Waals surface area contributed by atoms with Gasteiger partial charge >= 0.3 is 10.2 Å². The monoisotopic (exact) mass is 253 g/mol. The third kappa shape index (κ3) is 4.07. The van der Waals surface area contributed by atoms with Crippen molar-refractivity contribution in [3.63, 3.8) is 0 Å². The molecule has 17 heavy (non-hydrogen) atoms. The van der Waals surface area contributed by atoms with E-state index >= 15 is 0 Å². The fourth-order valence-electron chi connectivity index (χ4n) is 1.05. The summed E-state index contributed by atoms with van der Waals surface area (Å²) in [6.45, 7) is 0.271. The number of anilines is 1. The molecule has 1 aromatic rings. The summed E-state index contributed by atoms with van der Waals surface area (Å²) in [5.41, 5.74) is 6.46. The SMILES string of the molecule is CN(C)S(=O)(=O)Nc1cccc(C#CCN)c1. The molecule has 92 valence electrons. The Morgan fingerprint density at radius 3 is 2.71 bits per heavy atom. The second kappa shape index (κ2) is 5.68. The molecule has 0 bridgehead atoms. The van der Waals surface area contributed by atoms with Gasteiger partial charge in [0.2, 0.25) is 0 Å². The van der Waals surface area contributed by atoms with Crippen molar-refractivity contribution in [2.24, 2.45) is 5.73 Å². The van der Waals surface area contributed by atoms with Crippen LogP contribution in [-0.2, 0) is 10.2 Å². The molecule has 0 saturated carbocycles. The first-order valence-corrected chi connectivity index (χ1v) is 6.39. The molecule has 0 aromatic heterocycles. The summed E-state index contributed by atoms with van der Waals surface area (Å²) in [5, 5.41) is 0. The quantitative estimate of drug-likeness (QED) is 0.756. The van der Waals surface area contributed by atoms with Gasteiger partial charge in [0.1, 0.15) is 0 Å². The van der Waals surface area contributed by atoms with E-state index in [0.29, 0.717) is 5.69 Å². The van der Waals surface area contributed by atoms with Crippen LogP contribution in [0.25, 0.3) is 0 Å². The predicted octanol–water partition coefficient (Wildman–Crippen LogP) is 0.215. The van der Waals surface area contributed by atoms with Gasteiger partial charge in [0.25, 0.3) is 0 Å². The molecule has 0 atom stereocenters. The van der Waals surface area contributed by atoms with Crippen molar-refractivity contribution in [3.8, 4) is 11.8 Å². The van der Waals surface area contributed by atoms with E-state index in [-0.39, 0.29) is 6.54 Å². The maximum atomic E-state index is 11.6. The minimum atomic E-state index is -3.48. The van der Waals surface area contributed by atoms with Gasteiger partial charge in [-0.25, -0.2) is 0 Å². The Morgan fingerprint density at radius 1 is 1.41 bits per heavy atom. The van der Waals surface area contributed by atoms with E-state index in [4.69, 9.17) is 5.73 Å². The number of hydrogen-bond acceptors (Lipinski definition) is 3. The van der Waals surface area contributed by atoms with Crippen LogP contribution in [0.2, 0.25) is 0 Å². The van der Waals surface area contributed by atoms with Crippen molar-refractivity contribution in [3.05, 3.63) is 29.8 Å². The van der Waals surface area contributed by atoms with Gasteiger partial charge in [-0.2, -0.15) is 12.7 Å². The summed E-state index contributed by atoms with van der Waals surface area (Å²) < 4.78 is 26.7. The Balaban J connectivity index is 2.94. The van der Waals surface area contributed by atoms with Crippen LogP contribution in [0.5, 0.6) is 0 Å². The van der Waals surface area contributed by atoms with Crippen LogP contribution < -0.4 is 10.5 Å². The van der Waals surface area contributed by atoms with Gasteiger partial charge in [0, 0.05) is 19.7 Å². The Kier molecular flexibility index (Phi) is 4.52. The molecule has 6 heteroatoms. The van der Waals surface area contributed by atoms with Crippen LogP contribution in [0.15, 0.2) is 24.3 Å². The lowest BCUT2D eigenvalue weighted by Gasteiger charge is -2.13. The smallest absolute Gasteiger partial charge is 0.301 e. The molecule has 0 amide bonds. The molecule has 0 saturated heterocycles. The molecule has 0 aliphatic carbocycles. The number of nitrogens with two attached hydrogens (primary N) is 1. The third-order valence-electron chi connectivity index (χ3n) is 1.92. The highest BCUT2D eigenvalue weighted by molar-refractivity contribution is 7.90. The van der Waals surface area contributed by atoms with E-state index in [1.807, 2.05) is 0 Å². The number of hydrogen-bond donors (Lipinski definition) is 2. The summed E-state index contributed by atoms with van der Waals surface area (Å²) in [6, 6.07) is 6.84. The van der Waals surface area contributed by atoms with Gasteiger partial charge in [0.05, 0.1) is 12.2 Å². The van der Waals surface area contributed by atoms with Crippen molar-refractivity contribution < 1.29 is 8.42 Å². The van der Waals surface area contributed by atoms with Crippen molar-refractivity contribution in [1.82, 2.24) is 4.31 Å². The molecular weight excluding hydrogens is 238 g/mol. The van der Waals surface area contributed by atoms with Gasteiger partial charge in [-0.05, 0) is 18.2 Å². The summed E-state index contributed by atoms with van der Waals surface area (Å²) in [6.07, 6.45) is 0. The Bertz CT molecular complexity index is 541. The lowest BCUT2D eigenvalue weighted by atomic mass is 10.2. The average Bonchev–Trinajstić information content (AvgIpc) is 2.26. The summed E-state index contributed by atoms with van der Waals surface area (Å²) >= 11 is 0. The molecule has 3 N–H and O–H groups in total. The zero-order valence-corrected chi connectivity index (χ0v) is 10.6. The summed E-state index contributed by atoms with van der Waals surface area (Å²) in [7, 11) is -0.561. The number of nitrogens with one attached hydrogen (secondary N) is 1. The molecule has 0 radical (unpaired) electrons. The Labute approximate surface area is 102 Å². The lowest BCUT2D eigenvalue weighted by molar-refractivity contribution is 0.527. The highest BCUT2D eigenvalue weighted by Gasteiger charge is 2.12. The van der Waals surface area contributed by atoms with Crippen molar-refractivity contribution in [2.75, 3.05) is 25.4 Å². The molecule has 0 aliphatic heterocycles. The molecule has 0 heterocycles. The standard InChI is InChI=1S/C11H15N3O2S/c1-14(2)17(15,16)13-11-7-3-5-10(9-11)6-4-8-12/h3,5,7,9,13H,8,12H2,1-2H3. The fourth-order valence-corrected chi connectivity index (χ4v) is 1.66. The van der Waals surface area contributed by atoms with E-state index in [9.17, 15) is 8.42 Å². The first kappa shape index (κ1) is 13.5. The van der Waals surface area contributed by atoms with Crippen LogP contribution in [-0.4, -0.2) is 33.4 Å². The van der Waals surface area contributed by atoms with E-state index in [0.717, 1.165) is 9.87 Å². The van der Waals surface area contributed by atoms with Crippen molar-refractivity contribution in [2.45, 2.75) is 0 Å². The third-order valence-corrected chi connectivity index (χ3v) is 3.38. The molecule has 0 fully saturated rings.